The molecule has 16 heavy (non-hydrogen) atoms. The van der Waals surface area contributed by atoms with Gasteiger partial charge in [-0.2, -0.15) is 0 Å². The smallest absolute Gasteiger partial charge is 0.263 e. The highest BCUT2D eigenvalue weighted by Gasteiger charge is 2.20. The molecule has 0 aromatic carbocycles. The third-order valence-corrected chi connectivity index (χ3v) is 2.33. The molecule has 1 heterocycles. The minimum absolute atomic E-state index is 0.141. The van der Waals surface area contributed by atoms with Crippen LogP contribution in [0.4, 0.5) is 11.5 Å². The van der Waals surface area contributed by atoms with Crippen LogP contribution in [0.15, 0.2) is 12.5 Å². The van der Waals surface area contributed by atoms with Gasteiger partial charge in [0.05, 0.1) is 4.92 Å². The summed E-state index contributed by atoms with van der Waals surface area (Å²) in [7, 11) is 0. The van der Waals surface area contributed by atoms with Crippen molar-refractivity contribution < 1.29 is 4.92 Å². The molecule has 1 aromatic heterocycles. The number of halogens is 1. The molecule has 0 saturated heterocycles. The Bertz CT molecular complexity index is 372. The van der Waals surface area contributed by atoms with Gasteiger partial charge in [-0.25, -0.2) is 9.97 Å². The maximum atomic E-state index is 10.7. The van der Waals surface area contributed by atoms with E-state index in [9.17, 15) is 10.1 Å². The molecule has 0 N–H and O–H groups in total. The molecule has 0 unspecified atom stereocenters. The molecule has 7 heteroatoms. The summed E-state index contributed by atoms with van der Waals surface area (Å²) < 4.78 is 1.26. The fourth-order valence-corrected chi connectivity index (χ4v) is 1.34. The first kappa shape index (κ1) is 12.6. The number of aromatic nitrogens is 2. The van der Waals surface area contributed by atoms with E-state index in [0.717, 1.165) is 12.6 Å². The van der Waals surface area contributed by atoms with Crippen molar-refractivity contribution in [2.75, 3.05) is 11.0 Å². The van der Waals surface area contributed by atoms with E-state index in [2.05, 4.69) is 23.8 Å². The van der Waals surface area contributed by atoms with Crippen LogP contribution in [0.25, 0.3) is 0 Å². The van der Waals surface area contributed by atoms with Gasteiger partial charge in [0.1, 0.15) is 12.5 Å². The van der Waals surface area contributed by atoms with Crippen LogP contribution < -0.4 is 4.42 Å². The van der Waals surface area contributed by atoms with Crippen LogP contribution in [0.3, 0.4) is 0 Å². The van der Waals surface area contributed by atoms with E-state index in [1.54, 1.807) is 0 Å². The number of hydrogen-bond acceptors (Lipinski definition) is 5. The van der Waals surface area contributed by atoms with E-state index in [-0.39, 0.29) is 11.5 Å². The predicted molar refractivity (Wildman–Crippen MR) is 61.3 cm³/mol. The molecule has 0 aliphatic heterocycles. The van der Waals surface area contributed by atoms with Crippen molar-refractivity contribution >= 4 is 23.3 Å². The number of nitro groups is 1. The molecule has 1 aromatic rings. The Morgan fingerprint density at radius 1 is 1.62 bits per heavy atom. The van der Waals surface area contributed by atoms with E-state index >= 15 is 0 Å². The number of rotatable bonds is 5. The summed E-state index contributed by atoms with van der Waals surface area (Å²) >= 11 is 5.94. The fraction of sp³-hybridized carbons (Fsp3) is 0.556. The average Bonchev–Trinajstić information content (AvgIpc) is 2.25. The summed E-state index contributed by atoms with van der Waals surface area (Å²) in [5, 5.41) is 10.7. The van der Waals surface area contributed by atoms with E-state index in [1.807, 2.05) is 0 Å². The van der Waals surface area contributed by atoms with Gasteiger partial charge in [0.2, 0.25) is 5.82 Å². The second kappa shape index (κ2) is 5.60. The van der Waals surface area contributed by atoms with Gasteiger partial charge >= 0.3 is 5.69 Å². The molecule has 6 nitrogen and oxygen atoms in total. The topological polar surface area (TPSA) is 72.2 Å². The van der Waals surface area contributed by atoms with Crippen LogP contribution >= 0.6 is 11.8 Å². The predicted octanol–water partition coefficient (Wildman–Crippen LogP) is 2.39. The lowest BCUT2D eigenvalue weighted by Crippen LogP contribution is -2.16. The molecule has 0 aliphatic carbocycles. The van der Waals surface area contributed by atoms with Crippen molar-refractivity contribution in [1.82, 2.24) is 9.97 Å². The molecular formula is C9H13ClN4O2. The van der Waals surface area contributed by atoms with Crippen LogP contribution in [0.5, 0.6) is 0 Å². The summed E-state index contributed by atoms with van der Waals surface area (Å²) in [6.45, 7) is 4.62. The van der Waals surface area contributed by atoms with Crippen LogP contribution in [-0.2, 0) is 0 Å². The summed E-state index contributed by atoms with van der Waals surface area (Å²) in [5.74, 6) is 0.615. The van der Waals surface area contributed by atoms with Gasteiger partial charge in [-0.15, -0.1) is 0 Å². The van der Waals surface area contributed by atoms with Gasteiger partial charge < -0.3 is 0 Å². The molecule has 0 radical (unpaired) electrons. The second-order valence-electron chi connectivity index (χ2n) is 3.76. The molecule has 0 bridgehead atoms. The Kier molecular flexibility index (Phi) is 4.42. The third kappa shape index (κ3) is 3.30. The van der Waals surface area contributed by atoms with Gasteiger partial charge in [0.25, 0.3) is 0 Å². The average molecular weight is 245 g/mol. The van der Waals surface area contributed by atoms with E-state index in [0.29, 0.717) is 12.5 Å². The molecule has 0 aliphatic rings. The normalized spacial score (nSPS) is 10.5. The highest BCUT2D eigenvalue weighted by atomic mass is 35.5. The zero-order valence-corrected chi connectivity index (χ0v) is 9.89. The van der Waals surface area contributed by atoms with Gasteiger partial charge in [-0.1, -0.05) is 13.8 Å². The molecule has 0 fully saturated rings. The van der Waals surface area contributed by atoms with Gasteiger partial charge in [0.15, 0.2) is 0 Å². The summed E-state index contributed by atoms with van der Waals surface area (Å²) in [6, 6.07) is 0. The van der Waals surface area contributed by atoms with Crippen molar-refractivity contribution in [1.29, 1.82) is 0 Å². The summed E-state index contributed by atoms with van der Waals surface area (Å²) in [4.78, 5) is 17.6. The minimum atomic E-state index is -0.542. The lowest BCUT2D eigenvalue weighted by Gasteiger charge is -2.15. The Hall–Kier alpha value is -1.43. The first-order valence-electron chi connectivity index (χ1n) is 4.90. The Morgan fingerprint density at radius 2 is 2.31 bits per heavy atom. The van der Waals surface area contributed by atoms with Gasteiger partial charge in [-0.3, -0.25) is 14.5 Å². The Morgan fingerprint density at radius 3 is 2.88 bits per heavy atom. The first-order valence-corrected chi connectivity index (χ1v) is 5.24. The van der Waals surface area contributed by atoms with Crippen LogP contribution in [0, 0.1) is 16.0 Å². The SMILES string of the molecule is CC(C)CCN(Cl)c1ncncc1[N+](=O)[O-]. The number of anilines is 1. The van der Waals surface area contributed by atoms with Gasteiger partial charge in [0, 0.05) is 18.3 Å². The number of nitrogens with zero attached hydrogens (tertiary/aromatic N) is 4. The van der Waals surface area contributed by atoms with Crippen molar-refractivity contribution in [3.8, 4) is 0 Å². The maximum absolute atomic E-state index is 10.7. The molecule has 1 rings (SSSR count). The molecule has 0 atom stereocenters. The van der Waals surface area contributed by atoms with Crippen LogP contribution in [-0.4, -0.2) is 21.4 Å². The van der Waals surface area contributed by atoms with E-state index < -0.39 is 4.92 Å². The molecular weight excluding hydrogens is 232 g/mol. The van der Waals surface area contributed by atoms with Crippen LogP contribution in [0.1, 0.15) is 20.3 Å². The van der Waals surface area contributed by atoms with Crippen LogP contribution in [0.2, 0.25) is 0 Å². The monoisotopic (exact) mass is 244 g/mol. The molecule has 0 saturated carbocycles. The second-order valence-corrected chi connectivity index (χ2v) is 4.17. The zero-order valence-electron chi connectivity index (χ0n) is 9.13. The Labute approximate surface area is 98.5 Å². The highest BCUT2D eigenvalue weighted by molar-refractivity contribution is 6.25. The van der Waals surface area contributed by atoms with E-state index in [4.69, 9.17) is 11.8 Å². The maximum Gasteiger partial charge on any atom is 0.330 e. The van der Waals surface area contributed by atoms with Crippen molar-refractivity contribution in [3.05, 3.63) is 22.6 Å². The standard InChI is InChI=1S/C9H13ClN4O2/c1-7(2)3-4-13(10)9-8(14(15)16)5-11-6-12-9/h5-7H,3-4H2,1-2H3. The van der Waals surface area contributed by atoms with E-state index in [1.165, 1.54) is 10.7 Å². The minimum Gasteiger partial charge on any atom is -0.263 e. The summed E-state index contributed by atoms with van der Waals surface area (Å²) in [6.07, 6.45) is 3.23. The first-order chi connectivity index (χ1) is 7.52. The largest absolute Gasteiger partial charge is 0.330 e. The molecule has 88 valence electrons. The fourth-order valence-electron chi connectivity index (χ4n) is 1.11. The van der Waals surface area contributed by atoms with Crippen molar-refractivity contribution in [2.45, 2.75) is 20.3 Å². The third-order valence-electron chi connectivity index (χ3n) is 2.00. The van der Waals surface area contributed by atoms with Crippen molar-refractivity contribution in [2.24, 2.45) is 5.92 Å². The Balaban J connectivity index is 2.82. The molecule has 0 amide bonds. The zero-order chi connectivity index (χ0) is 12.1. The number of hydrogen-bond donors (Lipinski definition) is 0. The lowest BCUT2D eigenvalue weighted by atomic mass is 10.1. The lowest BCUT2D eigenvalue weighted by molar-refractivity contribution is -0.384. The molecule has 0 spiro atoms. The quantitative estimate of drug-likeness (QED) is 0.452. The van der Waals surface area contributed by atoms with Gasteiger partial charge in [-0.05, 0) is 12.3 Å². The van der Waals surface area contributed by atoms with Crippen molar-refractivity contribution in [3.63, 3.8) is 0 Å². The highest BCUT2D eigenvalue weighted by Crippen LogP contribution is 2.25. The summed E-state index contributed by atoms with van der Waals surface area (Å²) in [5.41, 5.74) is -0.179.